The summed E-state index contributed by atoms with van der Waals surface area (Å²) in [6.45, 7) is 1.76. The quantitative estimate of drug-likeness (QED) is 0.392. The highest BCUT2D eigenvalue weighted by molar-refractivity contribution is 6.18. The summed E-state index contributed by atoms with van der Waals surface area (Å²) in [6.07, 6.45) is -1.51. The number of hydrogen-bond donors (Lipinski definition) is 1. The van der Waals surface area contributed by atoms with E-state index in [0.29, 0.717) is 22.5 Å². The summed E-state index contributed by atoms with van der Waals surface area (Å²) in [5.74, 6) is -0.987. The number of carbonyl (C=O) groups excluding carboxylic acids is 1. The first-order valence-electron chi connectivity index (χ1n) is 8.70. The van der Waals surface area contributed by atoms with Crippen LogP contribution in [0.2, 0.25) is 0 Å². The lowest BCUT2D eigenvalue weighted by molar-refractivity contribution is -0.157. The maximum absolute atomic E-state index is 14.1. The second-order valence-electron chi connectivity index (χ2n) is 7.03. The molecule has 28 heavy (non-hydrogen) atoms. The third-order valence-corrected chi connectivity index (χ3v) is 5.76. The van der Waals surface area contributed by atoms with Gasteiger partial charge in [-0.3, -0.25) is 4.79 Å². The zero-order valence-corrected chi connectivity index (χ0v) is 15.5. The Morgan fingerprint density at radius 2 is 2.11 bits per heavy atom. The molecule has 1 aromatic carbocycles. The number of fused-ring (bicyclic) bond motifs is 5. The molecule has 0 aliphatic carbocycles. The number of hydrogen-bond acceptors (Lipinski definition) is 5. The number of aliphatic hydroxyl groups is 1. The molecular weight excluding hydrogens is 387 g/mol. The molecule has 2 aliphatic heterocycles. The molecule has 0 saturated carbocycles. The van der Waals surface area contributed by atoms with Crippen LogP contribution in [0.5, 0.6) is 0 Å². The Morgan fingerprint density at radius 3 is 2.86 bits per heavy atom. The molecule has 142 valence electrons. The maximum Gasteiger partial charge on any atom is 0.340 e. The van der Waals surface area contributed by atoms with Crippen molar-refractivity contribution in [2.45, 2.75) is 32.1 Å². The molecule has 2 aromatic heterocycles. The van der Waals surface area contributed by atoms with Gasteiger partial charge in [-0.1, -0.05) is 0 Å². The SMILES string of the molecule is Cc1cc2c(CCl)c3c(nc2cc1F)-c1cc2c(c(=O)n1C3)COC(=O)C2O. The number of benzene rings is 1. The first-order chi connectivity index (χ1) is 13.4. The lowest BCUT2D eigenvalue weighted by atomic mass is 9.98. The highest BCUT2D eigenvalue weighted by Crippen LogP contribution is 2.38. The van der Waals surface area contributed by atoms with E-state index in [4.69, 9.17) is 16.3 Å². The second-order valence-corrected chi connectivity index (χ2v) is 7.30. The van der Waals surface area contributed by atoms with Gasteiger partial charge in [-0.2, -0.15) is 0 Å². The Morgan fingerprint density at radius 1 is 1.32 bits per heavy atom. The molecule has 2 aliphatic rings. The van der Waals surface area contributed by atoms with E-state index in [1.165, 1.54) is 10.6 Å². The molecule has 0 bridgehead atoms. The van der Waals surface area contributed by atoms with Gasteiger partial charge in [0.1, 0.15) is 12.4 Å². The van der Waals surface area contributed by atoms with Gasteiger partial charge in [-0.05, 0) is 30.2 Å². The molecule has 8 heteroatoms. The van der Waals surface area contributed by atoms with Gasteiger partial charge in [0.25, 0.3) is 5.56 Å². The topological polar surface area (TPSA) is 81.4 Å². The molecule has 1 atom stereocenters. The van der Waals surface area contributed by atoms with Gasteiger partial charge in [0.15, 0.2) is 6.10 Å². The van der Waals surface area contributed by atoms with E-state index in [1.54, 1.807) is 19.1 Å². The number of alkyl halides is 1. The summed E-state index contributed by atoms with van der Waals surface area (Å²) < 4.78 is 20.5. The number of halogens is 2. The van der Waals surface area contributed by atoms with Crippen LogP contribution in [0.1, 0.15) is 33.9 Å². The number of cyclic esters (lactones) is 1. The molecule has 0 spiro atoms. The number of rotatable bonds is 1. The molecule has 1 unspecified atom stereocenters. The Balaban J connectivity index is 1.84. The van der Waals surface area contributed by atoms with E-state index < -0.39 is 12.1 Å². The van der Waals surface area contributed by atoms with Crippen molar-refractivity contribution in [3.05, 3.63) is 62.2 Å². The molecule has 0 radical (unpaired) electrons. The monoisotopic (exact) mass is 400 g/mol. The van der Waals surface area contributed by atoms with E-state index in [1.807, 2.05) is 0 Å². The third-order valence-electron chi connectivity index (χ3n) is 5.49. The highest BCUT2D eigenvalue weighted by atomic mass is 35.5. The average Bonchev–Trinajstić information content (AvgIpc) is 3.03. The summed E-state index contributed by atoms with van der Waals surface area (Å²) in [5, 5.41) is 10.9. The third kappa shape index (κ3) is 2.20. The molecule has 1 N–H and O–H groups in total. The number of aromatic nitrogens is 2. The zero-order chi connectivity index (χ0) is 19.7. The van der Waals surface area contributed by atoms with Crippen LogP contribution in [-0.2, 0) is 28.6 Å². The predicted molar refractivity (Wildman–Crippen MR) is 99.5 cm³/mol. The summed E-state index contributed by atoms with van der Waals surface area (Å²) in [5.41, 5.74) is 3.63. The number of ether oxygens (including phenoxy) is 1. The molecule has 4 heterocycles. The Kier molecular flexibility index (Phi) is 3.63. The van der Waals surface area contributed by atoms with Gasteiger partial charge < -0.3 is 14.4 Å². The van der Waals surface area contributed by atoms with Crippen LogP contribution in [0.25, 0.3) is 22.3 Å². The first kappa shape index (κ1) is 17.3. The van der Waals surface area contributed by atoms with E-state index in [9.17, 15) is 19.1 Å². The Hall–Kier alpha value is -2.77. The van der Waals surface area contributed by atoms with Crippen LogP contribution in [0.4, 0.5) is 4.39 Å². The molecule has 0 amide bonds. The lowest BCUT2D eigenvalue weighted by Crippen LogP contribution is -2.32. The largest absolute Gasteiger partial charge is 0.458 e. The molecular formula is C20H14ClFN2O4. The molecule has 3 aromatic rings. The van der Waals surface area contributed by atoms with Gasteiger partial charge in [0.2, 0.25) is 0 Å². The van der Waals surface area contributed by atoms with Gasteiger partial charge in [-0.15, -0.1) is 11.6 Å². The van der Waals surface area contributed by atoms with Crippen LogP contribution in [0.3, 0.4) is 0 Å². The van der Waals surface area contributed by atoms with E-state index >= 15 is 0 Å². The van der Waals surface area contributed by atoms with Gasteiger partial charge in [-0.25, -0.2) is 14.2 Å². The smallest absolute Gasteiger partial charge is 0.340 e. The van der Waals surface area contributed by atoms with Crippen LogP contribution in [0.15, 0.2) is 23.0 Å². The first-order valence-corrected chi connectivity index (χ1v) is 9.23. The number of pyridine rings is 2. The summed E-state index contributed by atoms with van der Waals surface area (Å²) in [7, 11) is 0. The molecule has 0 saturated heterocycles. The Bertz CT molecular complexity index is 1270. The van der Waals surface area contributed by atoms with Crippen LogP contribution in [-0.4, -0.2) is 20.6 Å². The fourth-order valence-corrected chi connectivity index (χ4v) is 4.30. The average molecular weight is 401 g/mol. The molecule has 6 nitrogen and oxygen atoms in total. The van der Waals surface area contributed by atoms with Gasteiger partial charge in [0.05, 0.1) is 29.0 Å². The molecule has 5 rings (SSSR count). The van der Waals surface area contributed by atoms with Crippen molar-refractivity contribution in [3.8, 4) is 11.4 Å². The number of aryl methyl sites for hydroxylation is 1. The normalized spacial score (nSPS) is 17.3. The van der Waals surface area contributed by atoms with Gasteiger partial charge >= 0.3 is 5.97 Å². The Labute approximate surface area is 163 Å². The van der Waals surface area contributed by atoms with Crippen LogP contribution in [0, 0.1) is 12.7 Å². The number of carbonyl (C=O) groups is 1. The summed E-state index contributed by atoms with van der Waals surface area (Å²) in [6, 6.07) is 4.66. The fraction of sp³-hybridized carbons (Fsp3) is 0.250. The number of aliphatic hydroxyl groups excluding tert-OH is 1. The van der Waals surface area contributed by atoms with Crippen molar-refractivity contribution < 1.29 is 19.0 Å². The van der Waals surface area contributed by atoms with Crippen molar-refractivity contribution in [3.63, 3.8) is 0 Å². The maximum atomic E-state index is 14.1. The van der Waals surface area contributed by atoms with Gasteiger partial charge in [0, 0.05) is 28.5 Å². The second kappa shape index (κ2) is 5.86. The minimum Gasteiger partial charge on any atom is -0.458 e. The standard InChI is InChI=1S/C20H14ClFN2O4/c1-8-2-9-11(5-21)12-6-24-16(17(12)23-15(9)4-14(8)22)3-10-13(19(24)26)7-28-20(27)18(10)25/h2-4,18,25H,5-7H2,1H3. The van der Waals surface area contributed by atoms with E-state index in [2.05, 4.69) is 4.98 Å². The van der Waals surface area contributed by atoms with Crippen molar-refractivity contribution in [2.24, 2.45) is 0 Å². The summed E-state index contributed by atoms with van der Waals surface area (Å²) >= 11 is 6.22. The molecule has 0 fully saturated rings. The predicted octanol–water partition coefficient (Wildman–Crippen LogP) is 2.70. The van der Waals surface area contributed by atoms with Crippen molar-refractivity contribution >= 4 is 28.5 Å². The van der Waals surface area contributed by atoms with Crippen LogP contribution < -0.4 is 5.56 Å². The lowest BCUT2D eigenvalue weighted by Gasteiger charge is -2.21. The van der Waals surface area contributed by atoms with E-state index in [0.717, 1.165) is 16.5 Å². The highest BCUT2D eigenvalue weighted by Gasteiger charge is 2.34. The van der Waals surface area contributed by atoms with Crippen molar-refractivity contribution in [1.82, 2.24) is 9.55 Å². The van der Waals surface area contributed by atoms with Crippen LogP contribution >= 0.6 is 11.6 Å². The minimum atomic E-state index is -1.51. The van der Waals surface area contributed by atoms with E-state index in [-0.39, 0.29) is 41.5 Å². The summed E-state index contributed by atoms with van der Waals surface area (Å²) in [4.78, 5) is 29.3. The van der Waals surface area contributed by atoms with Crippen molar-refractivity contribution in [1.29, 1.82) is 0 Å². The number of nitrogens with zero attached hydrogens (tertiary/aromatic N) is 2. The minimum absolute atomic E-state index is 0.178. The number of esters is 1. The fourth-order valence-electron chi connectivity index (χ4n) is 3.99. The van der Waals surface area contributed by atoms with Crippen molar-refractivity contribution in [2.75, 3.05) is 0 Å². The zero-order valence-electron chi connectivity index (χ0n) is 14.8.